The minimum atomic E-state index is 0.00297. The molecule has 1 amide bonds. The van der Waals surface area contributed by atoms with Gasteiger partial charge in [-0.2, -0.15) is 5.10 Å². The molecule has 1 fully saturated rings. The summed E-state index contributed by atoms with van der Waals surface area (Å²) in [6, 6.07) is 5.88. The lowest BCUT2D eigenvalue weighted by Gasteiger charge is -2.25. The third-order valence-corrected chi connectivity index (χ3v) is 5.46. The summed E-state index contributed by atoms with van der Waals surface area (Å²) in [4.78, 5) is 15.0. The molecular weight excluding hydrogens is 326 g/mol. The second kappa shape index (κ2) is 5.90. The normalized spacial score (nSPS) is 19.8. The lowest BCUT2D eigenvalue weighted by atomic mass is 10.0. The number of likely N-dealkylation sites (tertiary alicyclic amines) is 1. The van der Waals surface area contributed by atoms with Gasteiger partial charge in [-0.3, -0.25) is 9.48 Å². The molecule has 0 aliphatic carbocycles. The fourth-order valence-electron chi connectivity index (χ4n) is 3.81. The third kappa shape index (κ3) is 2.43. The molecule has 0 saturated carbocycles. The summed E-state index contributed by atoms with van der Waals surface area (Å²) in [5, 5.41) is 5.02. The number of hydrogen-bond donors (Lipinski definition) is 0. The monoisotopic (exact) mass is 345 g/mol. The quantitative estimate of drug-likeness (QED) is 0.838. The molecule has 1 atom stereocenters. The molecule has 2 aliphatic heterocycles. The number of hydrogen-bond acceptors (Lipinski definition) is 3. The van der Waals surface area contributed by atoms with E-state index < -0.39 is 0 Å². The maximum Gasteiger partial charge on any atom is 0.254 e. The van der Waals surface area contributed by atoms with E-state index in [1.807, 2.05) is 37.1 Å². The highest BCUT2D eigenvalue weighted by molar-refractivity contribution is 6.30. The molecule has 3 heterocycles. The highest BCUT2D eigenvalue weighted by Crippen LogP contribution is 2.38. The summed E-state index contributed by atoms with van der Waals surface area (Å²) in [5.74, 6) is 0.0616. The summed E-state index contributed by atoms with van der Waals surface area (Å²) in [6.07, 6.45) is 1.90. The third-order valence-electron chi connectivity index (χ3n) is 5.01. The highest BCUT2D eigenvalue weighted by atomic mass is 35.5. The number of aryl methyl sites for hydroxylation is 2. The van der Waals surface area contributed by atoms with Gasteiger partial charge in [0.2, 0.25) is 0 Å². The molecule has 0 spiro atoms. The zero-order valence-electron chi connectivity index (χ0n) is 13.9. The number of nitrogens with zero attached hydrogens (tertiary/aromatic N) is 3. The topological polar surface area (TPSA) is 47.4 Å². The molecule has 0 bridgehead atoms. The first-order chi connectivity index (χ1) is 11.6. The standard InChI is InChI=1S/C18H20ClN3O2/c1-11-16(17(19)21(2)20-11)15-4-3-7-22(15)18(23)12-5-6-13-9-24-10-14(13)8-12/h5-6,8,15H,3-4,7,9-10H2,1-2H3/t15-/m0/s1. The van der Waals surface area contributed by atoms with E-state index in [0.29, 0.717) is 18.4 Å². The van der Waals surface area contributed by atoms with E-state index in [-0.39, 0.29) is 11.9 Å². The zero-order valence-corrected chi connectivity index (χ0v) is 14.6. The molecule has 5 nitrogen and oxygen atoms in total. The van der Waals surface area contributed by atoms with E-state index in [4.69, 9.17) is 16.3 Å². The zero-order chi connectivity index (χ0) is 16.8. The Kier molecular flexibility index (Phi) is 3.85. The smallest absolute Gasteiger partial charge is 0.254 e. The molecule has 0 radical (unpaired) electrons. The summed E-state index contributed by atoms with van der Waals surface area (Å²) in [6.45, 7) is 3.94. The fourth-order valence-corrected chi connectivity index (χ4v) is 4.11. The summed E-state index contributed by atoms with van der Waals surface area (Å²) < 4.78 is 7.13. The second-order valence-electron chi connectivity index (χ2n) is 6.55. The van der Waals surface area contributed by atoms with E-state index >= 15 is 0 Å². The Labute approximate surface area is 146 Å². The first-order valence-corrected chi connectivity index (χ1v) is 8.63. The van der Waals surface area contributed by atoms with E-state index in [1.165, 1.54) is 5.56 Å². The SMILES string of the molecule is Cc1nn(C)c(Cl)c1[C@@H]1CCCN1C(=O)c1ccc2c(c1)COC2. The Hall–Kier alpha value is -1.85. The van der Waals surface area contributed by atoms with E-state index in [1.54, 1.807) is 4.68 Å². The molecule has 2 aromatic rings. The number of benzene rings is 1. The van der Waals surface area contributed by atoms with E-state index in [9.17, 15) is 4.79 Å². The van der Waals surface area contributed by atoms with E-state index in [2.05, 4.69) is 5.10 Å². The number of amides is 1. The highest BCUT2D eigenvalue weighted by Gasteiger charge is 2.34. The van der Waals surface area contributed by atoms with Crippen LogP contribution in [0.3, 0.4) is 0 Å². The summed E-state index contributed by atoms with van der Waals surface area (Å²) in [5.41, 5.74) is 4.90. The van der Waals surface area contributed by atoms with E-state index in [0.717, 1.165) is 41.8 Å². The summed E-state index contributed by atoms with van der Waals surface area (Å²) >= 11 is 6.43. The molecule has 2 aliphatic rings. The number of carbonyl (C=O) groups excluding carboxylic acids is 1. The van der Waals surface area contributed by atoms with Crippen LogP contribution in [0.1, 0.15) is 51.6 Å². The van der Waals surface area contributed by atoms with Crippen molar-refractivity contribution in [3.63, 3.8) is 0 Å². The summed E-state index contributed by atoms with van der Waals surface area (Å²) in [7, 11) is 1.83. The van der Waals surface area contributed by atoms with Gasteiger partial charge in [0.15, 0.2) is 0 Å². The van der Waals surface area contributed by atoms with Crippen LogP contribution in [0, 0.1) is 6.92 Å². The molecule has 1 aromatic heterocycles. The average molecular weight is 346 g/mol. The van der Waals surface area contributed by atoms with Crippen LogP contribution in [-0.2, 0) is 25.0 Å². The second-order valence-corrected chi connectivity index (χ2v) is 6.90. The molecule has 4 rings (SSSR count). The van der Waals surface area contributed by atoms with Gasteiger partial charge in [0.1, 0.15) is 5.15 Å². The average Bonchev–Trinajstić information content (AvgIpc) is 3.26. The first-order valence-electron chi connectivity index (χ1n) is 8.25. The lowest BCUT2D eigenvalue weighted by Crippen LogP contribution is -2.31. The predicted molar refractivity (Wildman–Crippen MR) is 90.9 cm³/mol. The predicted octanol–water partition coefficient (Wildman–Crippen LogP) is 3.39. The Balaban J connectivity index is 1.66. The van der Waals surface area contributed by atoms with Crippen LogP contribution in [0.5, 0.6) is 0 Å². The Bertz CT molecular complexity index is 815. The van der Waals surface area contributed by atoms with Crippen molar-refractivity contribution in [2.24, 2.45) is 7.05 Å². The van der Waals surface area contributed by atoms with Crippen molar-refractivity contribution in [1.29, 1.82) is 0 Å². The largest absolute Gasteiger partial charge is 0.372 e. The number of halogens is 1. The molecule has 1 saturated heterocycles. The van der Waals surface area contributed by atoms with Gasteiger partial charge >= 0.3 is 0 Å². The van der Waals surface area contributed by atoms with Gasteiger partial charge in [-0.05, 0) is 43.0 Å². The minimum Gasteiger partial charge on any atom is -0.372 e. The number of fused-ring (bicyclic) bond motifs is 1. The molecule has 0 unspecified atom stereocenters. The number of rotatable bonds is 2. The van der Waals surface area contributed by atoms with Crippen molar-refractivity contribution < 1.29 is 9.53 Å². The van der Waals surface area contributed by atoms with Crippen LogP contribution in [0.4, 0.5) is 0 Å². The van der Waals surface area contributed by atoms with Crippen molar-refractivity contribution >= 4 is 17.5 Å². The molecule has 6 heteroatoms. The minimum absolute atomic E-state index is 0.00297. The van der Waals surface area contributed by atoms with Crippen molar-refractivity contribution in [2.75, 3.05) is 6.54 Å². The molecular formula is C18H20ClN3O2. The van der Waals surface area contributed by atoms with Crippen LogP contribution < -0.4 is 0 Å². The number of carbonyl (C=O) groups is 1. The van der Waals surface area contributed by atoms with Gasteiger partial charge < -0.3 is 9.64 Å². The Morgan fingerprint density at radius 2 is 2.12 bits per heavy atom. The van der Waals surface area contributed by atoms with Gasteiger partial charge in [0, 0.05) is 24.7 Å². The van der Waals surface area contributed by atoms with Gasteiger partial charge in [-0.25, -0.2) is 0 Å². The Morgan fingerprint density at radius 1 is 1.33 bits per heavy atom. The lowest BCUT2D eigenvalue weighted by molar-refractivity contribution is 0.0735. The van der Waals surface area contributed by atoms with Crippen molar-refractivity contribution in [1.82, 2.24) is 14.7 Å². The van der Waals surface area contributed by atoms with Crippen molar-refractivity contribution in [2.45, 2.75) is 39.0 Å². The van der Waals surface area contributed by atoms with Crippen LogP contribution in [0.2, 0.25) is 5.15 Å². The van der Waals surface area contributed by atoms with Crippen LogP contribution in [0.25, 0.3) is 0 Å². The van der Waals surface area contributed by atoms with Crippen molar-refractivity contribution in [3.8, 4) is 0 Å². The van der Waals surface area contributed by atoms with Gasteiger partial charge in [-0.15, -0.1) is 0 Å². The maximum atomic E-state index is 13.1. The fraction of sp³-hybridized carbons (Fsp3) is 0.444. The Morgan fingerprint density at radius 3 is 2.88 bits per heavy atom. The van der Waals surface area contributed by atoms with Gasteiger partial charge in [-0.1, -0.05) is 17.7 Å². The molecule has 1 aromatic carbocycles. The number of aromatic nitrogens is 2. The van der Waals surface area contributed by atoms with Crippen LogP contribution in [-0.4, -0.2) is 27.1 Å². The molecule has 0 N–H and O–H groups in total. The van der Waals surface area contributed by atoms with Gasteiger partial charge in [0.05, 0.1) is 24.9 Å². The van der Waals surface area contributed by atoms with Crippen LogP contribution >= 0.6 is 11.6 Å². The van der Waals surface area contributed by atoms with Crippen molar-refractivity contribution in [3.05, 3.63) is 51.3 Å². The first kappa shape index (κ1) is 15.7. The van der Waals surface area contributed by atoms with Gasteiger partial charge in [0.25, 0.3) is 5.91 Å². The maximum absolute atomic E-state index is 13.1. The van der Waals surface area contributed by atoms with Crippen LogP contribution in [0.15, 0.2) is 18.2 Å². The molecule has 126 valence electrons. The number of ether oxygens (including phenoxy) is 1. The molecule has 24 heavy (non-hydrogen) atoms.